The Bertz CT molecular complexity index is 1110. The van der Waals surface area contributed by atoms with E-state index in [0.717, 1.165) is 32.4 Å². The molecule has 5 nitrogen and oxygen atoms in total. The predicted octanol–water partition coefficient (Wildman–Crippen LogP) is 6.11. The van der Waals surface area contributed by atoms with Crippen molar-refractivity contribution in [3.05, 3.63) is 69.2 Å². The number of piperidine rings is 1. The molecule has 1 amide bonds. The van der Waals surface area contributed by atoms with Crippen LogP contribution in [-0.2, 0) is 0 Å². The van der Waals surface area contributed by atoms with E-state index in [1.54, 1.807) is 49.5 Å². The molecule has 0 unspecified atom stereocenters. The maximum absolute atomic E-state index is 15.7. The fourth-order valence-electron chi connectivity index (χ4n) is 3.67. The quantitative estimate of drug-likeness (QED) is 0.451. The van der Waals surface area contributed by atoms with Gasteiger partial charge in [0.15, 0.2) is 5.69 Å². The molecule has 1 fully saturated rings. The molecular weight excluding hydrogens is 462 g/mol. The van der Waals surface area contributed by atoms with E-state index < -0.39 is 11.9 Å². The Hall–Kier alpha value is -2.12. The minimum Gasteiger partial charge on any atom is -0.273 e. The van der Waals surface area contributed by atoms with E-state index in [2.05, 4.69) is 4.98 Å². The van der Waals surface area contributed by atoms with E-state index in [1.807, 2.05) is 5.01 Å². The molecule has 0 bridgehead atoms. The number of imidazole rings is 1. The van der Waals surface area contributed by atoms with Gasteiger partial charge in [-0.05, 0) is 55.3 Å². The molecule has 1 aliphatic rings. The number of halogens is 4. The van der Waals surface area contributed by atoms with Gasteiger partial charge in [0.25, 0.3) is 5.91 Å². The Kier molecular flexibility index (Phi) is 6.53. The van der Waals surface area contributed by atoms with Crippen LogP contribution in [0.25, 0.3) is 17.1 Å². The second kappa shape index (κ2) is 9.17. The van der Waals surface area contributed by atoms with Crippen molar-refractivity contribution in [1.82, 2.24) is 19.6 Å². The van der Waals surface area contributed by atoms with Gasteiger partial charge < -0.3 is 0 Å². The lowest BCUT2D eigenvalue weighted by molar-refractivity contribution is -0.00579. The summed E-state index contributed by atoms with van der Waals surface area (Å²) in [4.78, 5) is 17.6. The van der Waals surface area contributed by atoms with E-state index in [9.17, 15) is 4.79 Å². The van der Waals surface area contributed by atoms with Gasteiger partial charge in [0, 0.05) is 41.4 Å². The second-order valence-electron chi connectivity index (χ2n) is 7.35. The maximum atomic E-state index is 15.7. The molecule has 162 valence electrons. The third-order valence-corrected chi connectivity index (χ3v) is 6.13. The number of aromatic nitrogens is 2. The summed E-state index contributed by atoms with van der Waals surface area (Å²) in [5.41, 5.74) is 0.652. The molecule has 31 heavy (non-hydrogen) atoms. The molecule has 1 saturated heterocycles. The second-order valence-corrected chi connectivity index (χ2v) is 8.63. The topological polar surface area (TPSA) is 41.4 Å². The van der Waals surface area contributed by atoms with Gasteiger partial charge in [0.05, 0.1) is 5.02 Å². The van der Waals surface area contributed by atoms with Crippen LogP contribution in [0.4, 0.5) is 4.39 Å². The largest absolute Gasteiger partial charge is 0.291 e. The Morgan fingerprint density at radius 3 is 2.29 bits per heavy atom. The number of amides is 1. The average Bonchev–Trinajstić information content (AvgIpc) is 3.10. The maximum Gasteiger partial charge on any atom is 0.291 e. The van der Waals surface area contributed by atoms with Gasteiger partial charge >= 0.3 is 0 Å². The van der Waals surface area contributed by atoms with Gasteiger partial charge in [0.2, 0.25) is 5.95 Å². The van der Waals surface area contributed by atoms with Gasteiger partial charge in [-0.2, -0.15) is 4.39 Å². The van der Waals surface area contributed by atoms with E-state index in [4.69, 9.17) is 34.8 Å². The van der Waals surface area contributed by atoms with Crippen molar-refractivity contribution in [2.24, 2.45) is 0 Å². The van der Waals surface area contributed by atoms with E-state index in [-0.39, 0.29) is 11.5 Å². The van der Waals surface area contributed by atoms with Gasteiger partial charge in [-0.1, -0.05) is 41.2 Å². The van der Waals surface area contributed by atoms with Crippen LogP contribution in [0.15, 0.2) is 42.5 Å². The van der Waals surface area contributed by atoms with Gasteiger partial charge in [-0.3, -0.25) is 14.4 Å². The fraction of sp³-hybridized carbons (Fsp3) is 0.273. The Balaban J connectivity index is 1.83. The van der Waals surface area contributed by atoms with Crippen molar-refractivity contribution in [1.29, 1.82) is 0 Å². The normalized spacial score (nSPS) is 14.6. The van der Waals surface area contributed by atoms with E-state index in [1.165, 1.54) is 9.58 Å². The molecule has 0 aliphatic carbocycles. The van der Waals surface area contributed by atoms with Crippen molar-refractivity contribution in [2.75, 3.05) is 20.1 Å². The van der Waals surface area contributed by atoms with Crippen LogP contribution in [0, 0.1) is 5.95 Å². The minimum absolute atomic E-state index is 0.205. The highest BCUT2D eigenvalue weighted by molar-refractivity contribution is 6.36. The summed E-state index contributed by atoms with van der Waals surface area (Å²) in [7, 11) is 1.64. The number of hydrogen-bond donors (Lipinski definition) is 0. The van der Waals surface area contributed by atoms with Crippen molar-refractivity contribution >= 4 is 40.7 Å². The van der Waals surface area contributed by atoms with Crippen molar-refractivity contribution in [2.45, 2.75) is 19.3 Å². The summed E-state index contributed by atoms with van der Waals surface area (Å²) in [5, 5.41) is 4.62. The van der Waals surface area contributed by atoms with Crippen molar-refractivity contribution < 1.29 is 9.18 Å². The van der Waals surface area contributed by atoms with Crippen molar-refractivity contribution in [3.63, 3.8) is 0 Å². The lowest BCUT2D eigenvalue weighted by Gasteiger charge is -2.34. The summed E-state index contributed by atoms with van der Waals surface area (Å²) >= 11 is 18.4. The summed E-state index contributed by atoms with van der Waals surface area (Å²) < 4.78 is 17.0. The zero-order valence-corrected chi connectivity index (χ0v) is 19.1. The molecule has 1 aromatic heterocycles. The first kappa shape index (κ1) is 22.1. The number of benzene rings is 2. The SMILES string of the molecule is CN(C(=O)c1nc(-c2ccc(Cl)cc2Cl)n(-c2ccc(Cl)cc2)c1F)N1CCCCC1. The smallest absolute Gasteiger partial charge is 0.273 e. The van der Waals surface area contributed by atoms with Crippen LogP contribution in [0.5, 0.6) is 0 Å². The summed E-state index contributed by atoms with van der Waals surface area (Å²) in [5.74, 6) is -1.08. The molecule has 2 heterocycles. The monoisotopic (exact) mass is 480 g/mol. The van der Waals surface area contributed by atoms with E-state index in [0.29, 0.717) is 26.3 Å². The zero-order chi connectivity index (χ0) is 22.1. The molecule has 1 aliphatic heterocycles. The first-order valence-electron chi connectivity index (χ1n) is 9.89. The molecule has 3 aromatic rings. The van der Waals surface area contributed by atoms with Crippen LogP contribution in [0.3, 0.4) is 0 Å². The minimum atomic E-state index is -0.766. The van der Waals surface area contributed by atoms with Gasteiger partial charge in [-0.15, -0.1) is 0 Å². The molecule has 0 radical (unpaired) electrons. The average molecular weight is 482 g/mol. The van der Waals surface area contributed by atoms with Crippen LogP contribution < -0.4 is 0 Å². The van der Waals surface area contributed by atoms with Crippen LogP contribution in [0.2, 0.25) is 15.1 Å². The Morgan fingerprint density at radius 2 is 1.65 bits per heavy atom. The van der Waals surface area contributed by atoms with Crippen LogP contribution in [-0.4, -0.2) is 45.6 Å². The Labute approximate surface area is 194 Å². The highest BCUT2D eigenvalue weighted by Gasteiger charge is 2.30. The molecule has 0 atom stereocenters. The molecule has 0 N–H and O–H groups in total. The summed E-state index contributed by atoms with van der Waals surface area (Å²) in [6.45, 7) is 1.50. The number of nitrogens with zero attached hydrogens (tertiary/aromatic N) is 4. The van der Waals surface area contributed by atoms with E-state index >= 15 is 4.39 Å². The first-order chi connectivity index (χ1) is 14.9. The lowest BCUT2D eigenvalue weighted by Crippen LogP contribution is -2.46. The van der Waals surface area contributed by atoms with Crippen molar-refractivity contribution in [3.8, 4) is 17.1 Å². The number of hydrazine groups is 1. The molecular formula is C22H20Cl3FN4O. The molecule has 2 aromatic carbocycles. The molecule has 0 saturated carbocycles. The lowest BCUT2D eigenvalue weighted by atomic mass is 10.2. The van der Waals surface area contributed by atoms with Gasteiger partial charge in [-0.25, -0.2) is 9.99 Å². The fourth-order valence-corrected chi connectivity index (χ4v) is 4.29. The Morgan fingerprint density at radius 1 is 1.00 bits per heavy atom. The predicted molar refractivity (Wildman–Crippen MR) is 122 cm³/mol. The van der Waals surface area contributed by atoms with Gasteiger partial charge in [0.1, 0.15) is 5.82 Å². The number of hydrogen-bond acceptors (Lipinski definition) is 3. The highest BCUT2D eigenvalue weighted by atomic mass is 35.5. The highest BCUT2D eigenvalue weighted by Crippen LogP contribution is 2.33. The molecule has 9 heteroatoms. The number of rotatable bonds is 4. The number of carbonyl (C=O) groups is 1. The summed E-state index contributed by atoms with van der Waals surface area (Å²) in [6.07, 6.45) is 3.10. The first-order valence-corrected chi connectivity index (χ1v) is 11.0. The molecule has 0 spiro atoms. The summed E-state index contributed by atoms with van der Waals surface area (Å²) in [6, 6.07) is 11.4. The standard InChI is InChI=1S/C22H20Cl3FN4O/c1-28(29-11-3-2-4-12-29)22(31)19-20(26)30(16-8-5-14(23)6-9-16)21(27-19)17-10-7-15(24)13-18(17)25/h5-10,13H,2-4,11-12H2,1H3. The molecule has 4 rings (SSSR count). The zero-order valence-electron chi connectivity index (χ0n) is 16.8. The van der Waals surface area contributed by atoms with Crippen LogP contribution >= 0.6 is 34.8 Å². The third kappa shape index (κ3) is 4.44. The van der Waals surface area contributed by atoms with Crippen LogP contribution in [0.1, 0.15) is 29.8 Å². The number of carbonyl (C=O) groups excluding carboxylic acids is 1. The third-order valence-electron chi connectivity index (χ3n) is 5.33.